The number of hydrogen-bond acceptors (Lipinski definition) is 5. The van der Waals surface area contributed by atoms with Crippen LogP contribution in [0.15, 0.2) is 5.38 Å². The summed E-state index contributed by atoms with van der Waals surface area (Å²) in [6, 6.07) is 0.0616. The molecule has 1 amide bonds. The molecule has 1 aliphatic heterocycles. The van der Waals surface area contributed by atoms with Gasteiger partial charge >= 0.3 is 5.97 Å². The van der Waals surface area contributed by atoms with Crippen molar-refractivity contribution in [2.24, 2.45) is 0 Å². The maximum atomic E-state index is 12.4. The van der Waals surface area contributed by atoms with Crippen molar-refractivity contribution in [3.05, 3.63) is 16.1 Å². The normalized spacial score (nSPS) is 21.9. The molecule has 1 N–H and O–H groups in total. The second-order valence-corrected chi connectivity index (χ2v) is 6.02. The van der Waals surface area contributed by atoms with Crippen LogP contribution in [-0.2, 0) is 9.53 Å². The van der Waals surface area contributed by atoms with Gasteiger partial charge in [0, 0.05) is 18.0 Å². The summed E-state index contributed by atoms with van der Waals surface area (Å²) in [4.78, 5) is 29.0. The lowest BCUT2D eigenvalue weighted by atomic mass is 10.2. The number of carboxylic acids is 1. The number of thiazole rings is 1. The molecule has 20 heavy (non-hydrogen) atoms. The second-order valence-electron chi connectivity index (χ2n) is 5.13. The summed E-state index contributed by atoms with van der Waals surface area (Å²) < 4.78 is 5.55. The highest BCUT2D eigenvalue weighted by Crippen LogP contribution is 2.32. The number of aromatic nitrogens is 1. The number of ether oxygens (including phenoxy) is 1. The topological polar surface area (TPSA) is 79.7 Å². The number of rotatable bonds is 5. The first-order valence-electron chi connectivity index (χ1n) is 6.75. The highest BCUT2D eigenvalue weighted by Gasteiger charge is 2.35. The molecular weight excluding hydrogens is 280 g/mol. The van der Waals surface area contributed by atoms with Crippen LogP contribution in [0, 0.1) is 0 Å². The number of amides is 1. The summed E-state index contributed by atoms with van der Waals surface area (Å²) in [6.45, 7) is 0.483. The minimum atomic E-state index is -0.986. The van der Waals surface area contributed by atoms with Crippen molar-refractivity contribution in [2.75, 3.05) is 13.2 Å². The van der Waals surface area contributed by atoms with Gasteiger partial charge in [0.25, 0.3) is 5.91 Å². The van der Waals surface area contributed by atoms with Crippen molar-refractivity contribution in [3.63, 3.8) is 0 Å². The molecule has 7 heteroatoms. The lowest BCUT2D eigenvalue weighted by Gasteiger charge is -2.18. The van der Waals surface area contributed by atoms with Gasteiger partial charge in [-0.05, 0) is 25.7 Å². The van der Waals surface area contributed by atoms with Gasteiger partial charge in [-0.2, -0.15) is 0 Å². The van der Waals surface area contributed by atoms with Crippen LogP contribution in [-0.4, -0.2) is 46.1 Å². The first-order chi connectivity index (χ1) is 9.65. The number of hydrogen-bond donors (Lipinski definition) is 1. The quantitative estimate of drug-likeness (QED) is 0.894. The molecule has 1 aliphatic carbocycles. The number of carbonyl (C=O) groups excluding carboxylic acids is 1. The van der Waals surface area contributed by atoms with Crippen LogP contribution in [0.5, 0.6) is 0 Å². The fourth-order valence-electron chi connectivity index (χ4n) is 2.35. The van der Waals surface area contributed by atoms with Gasteiger partial charge in [-0.25, -0.2) is 4.98 Å². The van der Waals surface area contributed by atoms with Gasteiger partial charge in [0.05, 0.1) is 0 Å². The third kappa shape index (κ3) is 2.83. The van der Waals surface area contributed by atoms with E-state index in [-0.39, 0.29) is 24.6 Å². The minimum absolute atomic E-state index is 0.00426. The van der Waals surface area contributed by atoms with E-state index in [9.17, 15) is 9.59 Å². The van der Waals surface area contributed by atoms with Crippen LogP contribution < -0.4 is 0 Å². The summed E-state index contributed by atoms with van der Waals surface area (Å²) in [7, 11) is 0. The Hall–Kier alpha value is -1.47. The average Bonchev–Trinajstić information content (AvgIpc) is 2.94. The van der Waals surface area contributed by atoms with Crippen LogP contribution in [0.3, 0.4) is 0 Å². The first kappa shape index (κ1) is 13.5. The third-order valence-electron chi connectivity index (χ3n) is 3.50. The predicted molar refractivity (Wildman–Crippen MR) is 71.7 cm³/mol. The lowest BCUT2D eigenvalue weighted by molar-refractivity contribution is -0.137. The molecule has 1 aromatic heterocycles. The van der Waals surface area contributed by atoms with Crippen LogP contribution in [0.25, 0.3) is 0 Å². The van der Waals surface area contributed by atoms with Crippen molar-refractivity contribution in [3.8, 4) is 0 Å². The third-order valence-corrected chi connectivity index (χ3v) is 4.44. The SMILES string of the molecule is O=C(O)CN(C(=O)c1csc(C2CCCO2)n1)C1CC1. The van der Waals surface area contributed by atoms with Gasteiger partial charge in [0.1, 0.15) is 23.4 Å². The molecule has 0 spiro atoms. The molecule has 3 rings (SSSR count). The van der Waals surface area contributed by atoms with E-state index in [1.165, 1.54) is 16.2 Å². The van der Waals surface area contributed by atoms with Crippen molar-refractivity contribution in [1.82, 2.24) is 9.88 Å². The molecule has 6 nitrogen and oxygen atoms in total. The number of aliphatic carboxylic acids is 1. The summed E-state index contributed by atoms with van der Waals surface area (Å²) in [5, 5.41) is 11.4. The zero-order valence-corrected chi connectivity index (χ0v) is 11.8. The molecular formula is C13H16N2O4S. The van der Waals surface area contributed by atoms with E-state index in [4.69, 9.17) is 9.84 Å². The molecule has 108 valence electrons. The van der Waals surface area contributed by atoms with Gasteiger partial charge < -0.3 is 14.7 Å². The van der Waals surface area contributed by atoms with E-state index >= 15 is 0 Å². The van der Waals surface area contributed by atoms with E-state index in [0.717, 1.165) is 37.3 Å². The Morgan fingerprint density at radius 3 is 2.85 bits per heavy atom. The van der Waals surface area contributed by atoms with E-state index in [1.807, 2.05) is 0 Å². The average molecular weight is 296 g/mol. The fraction of sp³-hybridized carbons (Fsp3) is 0.615. The van der Waals surface area contributed by atoms with Crippen LogP contribution in [0.4, 0.5) is 0 Å². The fourth-order valence-corrected chi connectivity index (χ4v) is 3.23. The predicted octanol–water partition coefficient (Wildman–Crippen LogP) is 1.68. The maximum Gasteiger partial charge on any atom is 0.323 e. The summed E-state index contributed by atoms with van der Waals surface area (Å²) in [5.41, 5.74) is 0.341. The van der Waals surface area contributed by atoms with Crippen molar-refractivity contribution in [2.45, 2.75) is 37.8 Å². The molecule has 1 saturated heterocycles. The van der Waals surface area contributed by atoms with Crippen LogP contribution >= 0.6 is 11.3 Å². The molecule has 1 saturated carbocycles. The van der Waals surface area contributed by atoms with E-state index in [0.29, 0.717) is 5.69 Å². The Balaban J connectivity index is 1.73. The Morgan fingerprint density at radius 2 is 2.25 bits per heavy atom. The van der Waals surface area contributed by atoms with Gasteiger partial charge in [-0.3, -0.25) is 9.59 Å². The van der Waals surface area contributed by atoms with Crippen molar-refractivity contribution >= 4 is 23.2 Å². The van der Waals surface area contributed by atoms with Gasteiger partial charge in [0.2, 0.25) is 0 Å². The van der Waals surface area contributed by atoms with Gasteiger partial charge in [-0.15, -0.1) is 11.3 Å². The Bertz CT molecular complexity index is 520. The van der Waals surface area contributed by atoms with Gasteiger partial charge in [0.15, 0.2) is 0 Å². The summed E-state index contributed by atoms with van der Waals surface area (Å²) in [5.74, 6) is -1.27. The molecule has 1 aromatic rings. The molecule has 0 aromatic carbocycles. The molecule has 2 aliphatic rings. The zero-order valence-electron chi connectivity index (χ0n) is 10.9. The van der Waals surface area contributed by atoms with Crippen molar-refractivity contribution in [1.29, 1.82) is 0 Å². The number of carboxylic acid groups (broad SMARTS) is 1. The molecule has 1 atom stereocenters. The minimum Gasteiger partial charge on any atom is -0.480 e. The largest absolute Gasteiger partial charge is 0.480 e. The smallest absolute Gasteiger partial charge is 0.323 e. The Morgan fingerprint density at radius 1 is 1.45 bits per heavy atom. The van der Waals surface area contributed by atoms with E-state index in [2.05, 4.69) is 4.98 Å². The van der Waals surface area contributed by atoms with E-state index in [1.54, 1.807) is 5.38 Å². The number of carbonyl (C=O) groups is 2. The Kier molecular flexibility index (Phi) is 3.71. The van der Waals surface area contributed by atoms with Crippen LogP contribution in [0.2, 0.25) is 0 Å². The van der Waals surface area contributed by atoms with E-state index < -0.39 is 5.97 Å². The maximum absolute atomic E-state index is 12.4. The highest BCUT2D eigenvalue weighted by molar-refractivity contribution is 7.09. The van der Waals surface area contributed by atoms with Crippen molar-refractivity contribution < 1.29 is 19.4 Å². The molecule has 0 bridgehead atoms. The standard InChI is InChI=1S/C13H16N2O4S/c16-11(17)6-15(8-3-4-8)13(18)9-7-20-12(14-9)10-2-1-5-19-10/h7-8,10H,1-6H2,(H,16,17). The zero-order chi connectivity index (χ0) is 14.1. The highest BCUT2D eigenvalue weighted by atomic mass is 32.1. The monoisotopic (exact) mass is 296 g/mol. The lowest BCUT2D eigenvalue weighted by Crippen LogP contribution is -2.37. The first-order valence-corrected chi connectivity index (χ1v) is 7.63. The van der Waals surface area contributed by atoms with Crippen LogP contribution in [0.1, 0.15) is 47.3 Å². The molecule has 2 heterocycles. The van der Waals surface area contributed by atoms with Gasteiger partial charge in [-0.1, -0.05) is 0 Å². The summed E-state index contributed by atoms with van der Waals surface area (Å²) >= 11 is 1.41. The molecule has 1 unspecified atom stereocenters. The second kappa shape index (κ2) is 5.49. The molecule has 2 fully saturated rings. The summed E-state index contributed by atoms with van der Waals surface area (Å²) in [6.07, 6.45) is 3.70. The molecule has 0 radical (unpaired) electrons. The Labute approximate surface area is 120 Å². The number of nitrogens with zero attached hydrogens (tertiary/aromatic N) is 2.